The second-order valence-electron chi connectivity index (χ2n) is 6.94. The summed E-state index contributed by atoms with van der Waals surface area (Å²) in [4.78, 5) is 34.2. The van der Waals surface area contributed by atoms with Crippen molar-refractivity contribution >= 4 is 5.91 Å². The highest BCUT2D eigenvalue weighted by Crippen LogP contribution is 2.13. The second-order valence-corrected chi connectivity index (χ2v) is 6.94. The quantitative estimate of drug-likeness (QED) is 0.687. The van der Waals surface area contributed by atoms with Gasteiger partial charge in [0.2, 0.25) is 0 Å². The number of rotatable bonds is 4. The fourth-order valence-corrected chi connectivity index (χ4v) is 3.38. The Hall–Kier alpha value is -3.13. The first kappa shape index (κ1) is 18.2. The summed E-state index contributed by atoms with van der Waals surface area (Å²) >= 11 is 0. The molecule has 3 aromatic heterocycles. The molecule has 1 aliphatic rings. The van der Waals surface area contributed by atoms with Gasteiger partial charge in [-0.25, -0.2) is 15.0 Å². The molecular formula is C20H23N7O. The van der Waals surface area contributed by atoms with Crippen LogP contribution in [0, 0.1) is 0 Å². The van der Waals surface area contributed by atoms with Crippen LogP contribution >= 0.6 is 0 Å². The van der Waals surface area contributed by atoms with Gasteiger partial charge in [0.1, 0.15) is 11.4 Å². The SMILES string of the molecule is Cn1cncc1C(=O)N1CCCN(Cc2cnc(-c3ccccn3)nc2)CC1. The van der Waals surface area contributed by atoms with E-state index in [1.165, 1.54) is 0 Å². The van der Waals surface area contributed by atoms with Gasteiger partial charge in [-0.2, -0.15) is 0 Å². The molecule has 0 N–H and O–H groups in total. The predicted octanol–water partition coefficient (Wildman–Crippen LogP) is 1.62. The molecule has 0 saturated carbocycles. The zero-order valence-corrected chi connectivity index (χ0v) is 15.9. The zero-order valence-electron chi connectivity index (χ0n) is 15.9. The molecule has 1 saturated heterocycles. The molecule has 28 heavy (non-hydrogen) atoms. The van der Waals surface area contributed by atoms with Crippen LogP contribution in [0.3, 0.4) is 0 Å². The number of hydrogen-bond donors (Lipinski definition) is 0. The topological polar surface area (TPSA) is 80.0 Å². The summed E-state index contributed by atoms with van der Waals surface area (Å²) in [6.07, 6.45) is 9.69. The van der Waals surface area contributed by atoms with Crippen molar-refractivity contribution in [2.24, 2.45) is 7.05 Å². The molecule has 1 amide bonds. The molecule has 1 fully saturated rings. The van der Waals surface area contributed by atoms with Gasteiger partial charge >= 0.3 is 0 Å². The summed E-state index contributed by atoms with van der Waals surface area (Å²) in [5, 5.41) is 0. The van der Waals surface area contributed by atoms with E-state index in [-0.39, 0.29) is 5.91 Å². The monoisotopic (exact) mass is 377 g/mol. The van der Waals surface area contributed by atoms with Crippen LogP contribution in [-0.2, 0) is 13.6 Å². The van der Waals surface area contributed by atoms with E-state index in [2.05, 4.69) is 24.8 Å². The van der Waals surface area contributed by atoms with Crippen molar-refractivity contribution in [1.29, 1.82) is 0 Å². The zero-order chi connectivity index (χ0) is 19.3. The Balaban J connectivity index is 1.36. The lowest BCUT2D eigenvalue weighted by Crippen LogP contribution is -2.35. The molecule has 0 radical (unpaired) electrons. The molecule has 4 rings (SSSR count). The molecule has 0 bridgehead atoms. The first-order valence-corrected chi connectivity index (χ1v) is 9.41. The van der Waals surface area contributed by atoms with Crippen molar-refractivity contribution in [3.05, 3.63) is 60.6 Å². The van der Waals surface area contributed by atoms with Crippen LogP contribution in [0.5, 0.6) is 0 Å². The Morgan fingerprint density at radius 1 is 1.04 bits per heavy atom. The number of aromatic nitrogens is 5. The van der Waals surface area contributed by atoms with Crippen LogP contribution in [0.1, 0.15) is 22.5 Å². The first-order chi connectivity index (χ1) is 13.7. The number of hydrogen-bond acceptors (Lipinski definition) is 6. The Morgan fingerprint density at radius 2 is 1.89 bits per heavy atom. The summed E-state index contributed by atoms with van der Waals surface area (Å²) < 4.78 is 1.77. The summed E-state index contributed by atoms with van der Waals surface area (Å²) in [5.41, 5.74) is 2.46. The highest BCUT2D eigenvalue weighted by Gasteiger charge is 2.22. The highest BCUT2D eigenvalue weighted by molar-refractivity contribution is 5.92. The van der Waals surface area contributed by atoms with Gasteiger partial charge in [0, 0.05) is 63.9 Å². The Bertz CT molecular complexity index is 923. The molecule has 8 nitrogen and oxygen atoms in total. The van der Waals surface area contributed by atoms with Gasteiger partial charge in [0.05, 0.1) is 12.5 Å². The van der Waals surface area contributed by atoms with Crippen LogP contribution in [0.15, 0.2) is 49.3 Å². The smallest absolute Gasteiger partial charge is 0.272 e. The van der Waals surface area contributed by atoms with Crippen LogP contribution in [-0.4, -0.2) is 66.4 Å². The maximum atomic E-state index is 12.7. The van der Waals surface area contributed by atoms with Gasteiger partial charge in [0.25, 0.3) is 5.91 Å². The van der Waals surface area contributed by atoms with Crippen LogP contribution < -0.4 is 0 Å². The van der Waals surface area contributed by atoms with E-state index in [9.17, 15) is 4.79 Å². The second kappa shape index (κ2) is 8.26. The lowest BCUT2D eigenvalue weighted by Gasteiger charge is -2.22. The van der Waals surface area contributed by atoms with Gasteiger partial charge in [-0.1, -0.05) is 6.07 Å². The molecule has 0 aliphatic carbocycles. The number of carbonyl (C=O) groups is 1. The van der Waals surface area contributed by atoms with Gasteiger partial charge in [0.15, 0.2) is 5.82 Å². The van der Waals surface area contributed by atoms with Crippen molar-refractivity contribution in [2.45, 2.75) is 13.0 Å². The largest absolute Gasteiger partial charge is 0.336 e. The van der Waals surface area contributed by atoms with E-state index in [4.69, 9.17) is 0 Å². The third kappa shape index (κ3) is 4.07. The van der Waals surface area contributed by atoms with Crippen LogP contribution in [0.25, 0.3) is 11.5 Å². The predicted molar refractivity (Wildman–Crippen MR) is 104 cm³/mol. The van der Waals surface area contributed by atoms with Crippen molar-refractivity contribution < 1.29 is 4.79 Å². The van der Waals surface area contributed by atoms with E-state index in [0.717, 1.165) is 43.9 Å². The number of pyridine rings is 1. The minimum absolute atomic E-state index is 0.0462. The average Bonchev–Trinajstić information content (AvgIpc) is 3.02. The molecule has 144 valence electrons. The lowest BCUT2D eigenvalue weighted by atomic mass is 10.3. The summed E-state index contributed by atoms with van der Waals surface area (Å²) in [5.74, 6) is 0.679. The van der Waals surface area contributed by atoms with Crippen molar-refractivity contribution in [3.63, 3.8) is 0 Å². The fourth-order valence-electron chi connectivity index (χ4n) is 3.38. The molecule has 0 unspecified atom stereocenters. The van der Waals surface area contributed by atoms with E-state index in [0.29, 0.717) is 18.1 Å². The minimum atomic E-state index is 0.0462. The third-order valence-electron chi connectivity index (χ3n) is 4.92. The third-order valence-corrected chi connectivity index (χ3v) is 4.92. The summed E-state index contributed by atoms with van der Waals surface area (Å²) in [6.45, 7) is 4.01. The average molecular weight is 377 g/mol. The summed E-state index contributed by atoms with van der Waals surface area (Å²) in [7, 11) is 1.85. The molecule has 0 aromatic carbocycles. The van der Waals surface area contributed by atoms with E-state index in [1.807, 2.05) is 42.5 Å². The van der Waals surface area contributed by atoms with Crippen LogP contribution in [0.4, 0.5) is 0 Å². The van der Waals surface area contributed by atoms with Gasteiger partial charge in [-0.3, -0.25) is 14.7 Å². The Morgan fingerprint density at radius 3 is 2.61 bits per heavy atom. The number of imidazole rings is 1. The number of aryl methyl sites for hydroxylation is 1. The maximum absolute atomic E-state index is 12.7. The summed E-state index contributed by atoms with van der Waals surface area (Å²) in [6, 6.07) is 5.70. The molecule has 0 spiro atoms. The van der Waals surface area contributed by atoms with Crippen molar-refractivity contribution in [3.8, 4) is 11.5 Å². The highest BCUT2D eigenvalue weighted by atomic mass is 16.2. The standard InChI is InChI=1S/C20H23N7O/c1-25-15-21-13-18(25)20(28)27-8-4-7-26(9-10-27)14-16-11-23-19(24-12-16)17-5-2-3-6-22-17/h2-3,5-6,11-13,15H,4,7-10,14H2,1H3. The van der Waals surface area contributed by atoms with E-state index >= 15 is 0 Å². The molecule has 4 heterocycles. The first-order valence-electron chi connectivity index (χ1n) is 9.41. The van der Waals surface area contributed by atoms with E-state index in [1.54, 1.807) is 23.3 Å². The molecular weight excluding hydrogens is 354 g/mol. The number of carbonyl (C=O) groups excluding carboxylic acids is 1. The molecule has 3 aromatic rings. The normalized spacial score (nSPS) is 15.4. The molecule has 0 atom stereocenters. The van der Waals surface area contributed by atoms with Crippen LogP contribution in [0.2, 0.25) is 0 Å². The van der Waals surface area contributed by atoms with E-state index < -0.39 is 0 Å². The molecule has 8 heteroatoms. The number of nitrogens with zero attached hydrogens (tertiary/aromatic N) is 7. The maximum Gasteiger partial charge on any atom is 0.272 e. The minimum Gasteiger partial charge on any atom is -0.336 e. The van der Waals surface area contributed by atoms with Crippen molar-refractivity contribution in [2.75, 3.05) is 26.2 Å². The fraction of sp³-hybridized carbons (Fsp3) is 0.350. The van der Waals surface area contributed by atoms with Gasteiger partial charge in [-0.15, -0.1) is 0 Å². The lowest BCUT2D eigenvalue weighted by molar-refractivity contribution is 0.0751. The Kier molecular flexibility index (Phi) is 5.38. The Labute approximate surface area is 163 Å². The molecule has 1 aliphatic heterocycles. The number of amides is 1. The van der Waals surface area contributed by atoms with Gasteiger partial charge in [-0.05, 0) is 18.6 Å². The van der Waals surface area contributed by atoms with Crippen molar-refractivity contribution in [1.82, 2.24) is 34.3 Å². The van der Waals surface area contributed by atoms with Gasteiger partial charge < -0.3 is 9.47 Å².